The van der Waals surface area contributed by atoms with Crippen molar-refractivity contribution in [3.63, 3.8) is 0 Å². The molecule has 1 N–H and O–H groups in total. The van der Waals surface area contributed by atoms with E-state index in [0.29, 0.717) is 18.1 Å². The number of carbonyl (C=O) groups excluding carboxylic acids is 1. The Morgan fingerprint density at radius 1 is 1.30 bits per heavy atom. The first-order chi connectivity index (χ1) is 12.9. The van der Waals surface area contributed by atoms with Crippen LogP contribution in [0.3, 0.4) is 0 Å². The second kappa shape index (κ2) is 6.33. The SMILES string of the molecule is COc1ncc(C)cc1-c1c(C)c2cnc(NC(=O)C3CC3F)cc2n1C. The zero-order valence-electron chi connectivity index (χ0n) is 15.7. The second-order valence-electron chi connectivity index (χ2n) is 7.04. The molecule has 2 unspecified atom stereocenters. The fourth-order valence-corrected chi connectivity index (χ4v) is 3.50. The van der Waals surface area contributed by atoms with E-state index in [2.05, 4.69) is 15.3 Å². The molecular formula is C20H21FN4O2. The smallest absolute Gasteiger partial charge is 0.231 e. The molecule has 1 aliphatic carbocycles. The minimum absolute atomic E-state index is 0.293. The van der Waals surface area contributed by atoms with Crippen LogP contribution in [0.15, 0.2) is 24.5 Å². The van der Waals surface area contributed by atoms with Crippen LogP contribution in [0.2, 0.25) is 0 Å². The normalized spacial score (nSPS) is 18.6. The summed E-state index contributed by atoms with van der Waals surface area (Å²) in [6.45, 7) is 4.01. The van der Waals surface area contributed by atoms with Gasteiger partial charge in [0.05, 0.1) is 29.8 Å². The molecule has 3 aromatic heterocycles. The number of anilines is 1. The predicted octanol–water partition coefficient (Wildman–Crippen LogP) is 3.56. The Kier molecular flexibility index (Phi) is 4.09. The van der Waals surface area contributed by atoms with Crippen molar-refractivity contribution in [2.45, 2.75) is 26.4 Å². The van der Waals surface area contributed by atoms with Crippen molar-refractivity contribution < 1.29 is 13.9 Å². The van der Waals surface area contributed by atoms with Crippen molar-refractivity contribution in [1.82, 2.24) is 14.5 Å². The minimum atomic E-state index is -1.03. The number of rotatable bonds is 4. The van der Waals surface area contributed by atoms with Gasteiger partial charge in [-0.2, -0.15) is 0 Å². The Morgan fingerprint density at radius 3 is 2.70 bits per heavy atom. The molecular weight excluding hydrogens is 347 g/mol. The number of carbonyl (C=O) groups is 1. The van der Waals surface area contributed by atoms with Gasteiger partial charge < -0.3 is 14.6 Å². The lowest BCUT2D eigenvalue weighted by atomic mass is 10.1. The first-order valence-electron chi connectivity index (χ1n) is 8.81. The maximum atomic E-state index is 13.1. The maximum absolute atomic E-state index is 13.1. The Labute approximate surface area is 156 Å². The molecule has 3 heterocycles. The molecule has 6 nitrogen and oxygen atoms in total. The third-order valence-corrected chi connectivity index (χ3v) is 5.08. The van der Waals surface area contributed by atoms with Gasteiger partial charge in [-0.1, -0.05) is 0 Å². The summed E-state index contributed by atoms with van der Waals surface area (Å²) in [6.07, 6.45) is 2.77. The highest BCUT2D eigenvalue weighted by molar-refractivity contribution is 5.97. The molecule has 0 bridgehead atoms. The lowest BCUT2D eigenvalue weighted by Crippen LogP contribution is -2.15. The molecule has 3 aromatic rings. The van der Waals surface area contributed by atoms with Crippen molar-refractivity contribution in [2.75, 3.05) is 12.4 Å². The van der Waals surface area contributed by atoms with Crippen molar-refractivity contribution in [2.24, 2.45) is 13.0 Å². The van der Waals surface area contributed by atoms with Gasteiger partial charge >= 0.3 is 0 Å². The van der Waals surface area contributed by atoms with E-state index in [9.17, 15) is 9.18 Å². The number of aryl methyl sites for hydroxylation is 3. The fraction of sp³-hybridized carbons (Fsp3) is 0.350. The summed E-state index contributed by atoms with van der Waals surface area (Å²) < 4.78 is 20.6. The Morgan fingerprint density at radius 2 is 2.04 bits per heavy atom. The molecule has 0 radical (unpaired) electrons. The molecule has 0 aliphatic heterocycles. The van der Waals surface area contributed by atoms with E-state index in [-0.39, 0.29) is 5.91 Å². The molecule has 1 fully saturated rings. The largest absolute Gasteiger partial charge is 0.481 e. The predicted molar refractivity (Wildman–Crippen MR) is 102 cm³/mol. The minimum Gasteiger partial charge on any atom is -0.481 e. The van der Waals surface area contributed by atoms with Crippen molar-refractivity contribution in [3.05, 3.63) is 35.7 Å². The van der Waals surface area contributed by atoms with Crippen LogP contribution in [0, 0.1) is 19.8 Å². The number of nitrogens with zero attached hydrogens (tertiary/aromatic N) is 3. The first-order valence-corrected chi connectivity index (χ1v) is 8.81. The second-order valence-corrected chi connectivity index (χ2v) is 7.04. The van der Waals surface area contributed by atoms with E-state index in [0.717, 1.165) is 33.3 Å². The number of halogens is 1. The monoisotopic (exact) mass is 368 g/mol. The summed E-state index contributed by atoms with van der Waals surface area (Å²) in [5.41, 5.74) is 4.89. The number of aromatic nitrogens is 3. The number of ether oxygens (including phenoxy) is 1. The summed E-state index contributed by atoms with van der Waals surface area (Å²) in [5.74, 6) is 0.118. The average molecular weight is 368 g/mol. The number of fused-ring (bicyclic) bond motifs is 1. The van der Waals surface area contributed by atoms with Crippen LogP contribution in [0.4, 0.5) is 10.2 Å². The zero-order chi connectivity index (χ0) is 19.3. The summed E-state index contributed by atoms with van der Waals surface area (Å²) >= 11 is 0. The van der Waals surface area contributed by atoms with Crippen LogP contribution in [-0.2, 0) is 11.8 Å². The number of amides is 1. The van der Waals surface area contributed by atoms with Gasteiger partial charge in [-0.05, 0) is 37.5 Å². The number of methoxy groups -OCH3 is 1. The standard InChI is InChI=1S/C20H21FN4O2/c1-10-5-13(20(27-4)23-8-10)18-11(2)14-9-22-17(7-16(14)25(18)3)24-19(26)12-6-15(12)21/h5,7-9,12,15H,6H2,1-4H3,(H,22,24,26). The third kappa shape index (κ3) is 2.93. The number of nitrogens with one attached hydrogen (secondary N) is 1. The first kappa shape index (κ1) is 17.5. The molecule has 1 saturated carbocycles. The molecule has 4 rings (SSSR count). The fourth-order valence-electron chi connectivity index (χ4n) is 3.50. The number of alkyl halides is 1. The highest BCUT2D eigenvalue weighted by Gasteiger charge is 2.43. The van der Waals surface area contributed by atoms with Crippen molar-refractivity contribution in [3.8, 4) is 17.1 Å². The quantitative estimate of drug-likeness (QED) is 0.765. The van der Waals surface area contributed by atoms with E-state index >= 15 is 0 Å². The van der Waals surface area contributed by atoms with E-state index < -0.39 is 12.1 Å². The van der Waals surface area contributed by atoms with Gasteiger partial charge in [0.25, 0.3) is 0 Å². The van der Waals surface area contributed by atoms with Crippen LogP contribution >= 0.6 is 0 Å². The molecule has 0 saturated heterocycles. The molecule has 1 aliphatic rings. The summed E-state index contributed by atoms with van der Waals surface area (Å²) in [7, 11) is 3.56. The lowest BCUT2D eigenvalue weighted by Gasteiger charge is -2.11. The van der Waals surface area contributed by atoms with Gasteiger partial charge in [0.1, 0.15) is 12.0 Å². The summed E-state index contributed by atoms with van der Waals surface area (Å²) in [6, 6.07) is 3.85. The third-order valence-electron chi connectivity index (χ3n) is 5.08. The highest BCUT2D eigenvalue weighted by atomic mass is 19.1. The van der Waals surface area contributed by atoms with Crippen LogP contribution in [-0.4, -0.2) is 33.7 Å². The van der Waals surface area contributed by atoms with Gasteiger partial charge in [-0.15, -0.1) is 0 Å². The van der Waals surface area contributed by atoms with Crippen LogP contribution in [0.1, 0.15) is 17.5 Å². The van der Waals surface area contributed by atoms with Crippen LogP contribution < -0.4 is 10.1 Å². The number of pyridine rings is 2. The zero-order valence-corrected chi connectivity index (χ0v) is 15.7. The molecule has 7 heteroatoms. The summed E-state index contributed by atoms with van der Waals surface area (Å²) in [4.78, 5) is 20.7. The Hall–Kier alpha value is -2.96. The molecule has 0 aromatic carbocycles. The Bertz CT molecular complexity index is 1060. The van der Waals surface area contributed by atoms with Gasteiger partial charge in [-0.3, -0.25) is 4.79 Å². The van der Waals surface area contributed by atoms with E-state index in [1.807, 2.05) is 37.6 Å². The van der Waals surface area contributed by atoms with Crippen molar-refractivity contribution >= 4 is 22.6 Å². The van der Waals surface area contributed by atoms with Crippen molar-refractivity contribution in [1.29, 1.82) is 0 Å². The van der Waals surface area contributed by atoms with Crippen LogP contribution in [0.5, 0.6) is 5.88 Å². The van der Waals surface area contributed by atoms with E-state index in [4.69, 9.17) is 4.74 Å². The van der Waals surface area contributed by atoms with E-state index in [1.165, 1.54) is 0 Å². The lowest BCUT2D eigenvalue weighted by molar-refractivity contribution is -0.117. The van der Waals surface area contributed by atoms with Gasteiger partial charge in [0.15, 0.2) is 0 Å². The average Bonchev–Trinajstić information content (AvgIpc) is 3.33. The van der Waals surface area contributed by atoms with Gasteiger partial charge in [-0.25, -0.2) is 14.4 Å². The molecule has 2 atom stereocenters. The topological polar surface area (TPSA) is 69.0 Å². The number of hydrogen-bond acceptors (Lipinski definition) is 4. The maximum Gasteiger partial charge on any atom is 0.231 e. The number of hydrogen-bond donors (Lipinski definition) is 1. The molecule has 27 heavy (non-hydrogen) atoms. The summed E-state index contributed by atoms with van der Waals surface area (Å²) in [5, 5.41) is 3.69. The van der Waals surface area contributed by atoms with Crippen LogP contribution in [0.25, 0.3) is 22.2 Å². The molecule has 140 valence electrons. The van der Waals surface area contributed by atoms with Gasteiger partial charge in [0, 0.05) is 30.9 Å². The molecule has 0 spiro atoms. The highest BCUT2D eigenvalue weighted by Crippen LogP contribution is 2.38. The van der Waals surface area contributed by atoms with E-state index in [1.54, 1.807) is 19.5 Å². The Balaban J connectivity index is 1.79. The molecule has 1 amide bonds. The van der Waals surface area contributed by atoms with Gasteiger partial charge in [0.2, 0.25) is 11.8 Å².